The molecule has 0 amide bonds. The number of ether oxygens (including phenoxy) is 2. The second-order valence-corrected chi connectivity index (χ2v) is 6.14. The van der Waals surface area contributed by atoms with Gasteiger partial charge >= 0.3 is 6.18 Å². The van der Waals surface area contributed by atoms with Gasteiger partial charge in [-0.05, 0) is 29.8 Å². The molecule has 0 spiro atoms. The maximum absolute atomic E-state index is 13.8. The van der Waals surface area contributed by atoms with E-state index in [1.54, 1.807) is 6.07 Å². The number of nitrogens with zero attached hydrogens (tertiary/aromatic N) is 1. The summed E-state index contributed by atoms with van der Waals surface area (Å²) in [4.78, 5) is 4.04. The lowest BCUT2D eigenvalue weighted by atomic mass is 10.1. The SMILES string of the molecule is CN=C(NCc1cccc(C(F)(F)F)c1)NCc1cc(F)cc2c1OCOC2.I. The van der Waals surface area contributed by atoms with Gasteiger partial charge in [0, 0.05) is 31.3 Å². The van der Waals surface area contributed by atoms with Crippen LogP contribution in [0.5, 0.6) is 5.75 Å². The van der Waals surface area contributed by atoms with Crippen LogP contribution in [0.4, 0.5) is 17.6 Å². The standard InChI is InChI=1S/C19H19F4N3O2.HI/c1-24-18(25-8-12-3-2-4-15(5-12)19(21,22)23)26-9-13-6-16(20)7-14-10-27-11-28-17(13)14;/h2-7H,8-11H2,1H3,(H2,24,25,26);1H. The number of alkyl halides is 3. The Bertz CT molecular complexity index is 875. The molecule has 2 aromatic carbocycles. The number of nitrogens with one attached hydrogen (secondary N) is 2. The lowest BCUT2D eigenvalue weighted by Crippen LogP contribution is -2.36. The molecule has 0 atom stereocenters. The smallest absolute Gasteiger partial charge is 0.416 e. The fourth-order valence-corrected chi connectivity index (χ4v) is 2.83. The van der Waals surface area contributed by atoms with Gasteiger partial charge in [0.05, 0.1) is 12.2 Å². The number of benzene rings is 2. The van der Waals surface area contributed by atoms with Crippen molar-refractivity contribution in [3.05, 3.63) is 64.5 Å². The van der Waals surface area contributed by atoms with Crippen LogP contribution in [-0.2, 0) is 30.6 Å². The third-order valence-electron chi connectivity index (χ3n) is 4.14. The van der Waals surface area contributed by atoms with Crippen molar-refractivity contribution in [2.45, 2.75) is 25.9 Å². The Morgan fingerprint density at radius 3 is 2.62 bits per heavy atom. The van der Waals surface area contributed by atoms with Crippen molar-refractivity contribution < 1.29 is 27.0 Å². The molecule has 0 radical (unpaired) electrons. The molecule has 1 heterocycles. The highest BCUT2D eigenvalue weighted by molar-refractivity contribution is 14.0. The Hall–Kier alpha value is -2.08. The van der Waals surface area contributed by atoms with Crippen LogP contribution < -0.4 is 15.4 Å². The van der Waals surface area contributed by atoms with Crippen LogP contribution in [0.1, 0.15) is 22.3 Å². The summed E-state index contributed by atoms with van der Waals surface area (Å²) in [5.41, 5.74) is 0.970. The quantitative estimate of drug-likeness (QED) is 0.272. The van der Waals surface area contributed by atoms with Gasteiger partial charge in [-0.25, -0.2) is 4.39 Å². The van der Waals surface area contributed by atoms with E-state index < -0.39 is 17.6 Å². The van der Waals surface area contributed by atoms with E-state index in [0.717, 1.165) is 12.1 Å². The average molecular weight is 525 g/mol. The van der Waals surface area contributed by atoms with E-state index in [1.165, 1.54) is 25.2 Å². The van der Waals surface area contributed by atoms with Crippen LogP contribution in [-0.4, -0.2) is 19.8 Å². The zero-order valence-corrected chi connectivity index (χ0v) is 17.8. The third kappa shape index (κ3) is 6.20. The molecule has 1 aliphatic heterocycles. The minimum absolute atomic E-state index is 0. The van der Waals surface area contributed by atoms with Crippen LogP contribution in [0.2, 0.25) is 0 Å². The van der Waals surface area contributed by atoms with Gasteiger partial charge in [0.15, 0.2) is 12.8 Å². The first-order valence-corrected chi connectivity index (χ1v) is 8.49. The summed E-state index contributed by atoms with van der Waals surface area (Å²) in [6, 6.07) is 7.77. The van der Waals surface area contributed by atoms with E-state index in [9.17, 15) is 17.6 Å². The van der Waals surface area contributed by atoms with Crippen molar-refractivity contribution in [2.24, 2.45) is 4.99 Å². The van der Waals surface area contributed by atoms with E-state index in [2.05, 4.69) is 15.6 Å². The lowest BCUT2D eigenvalue weighted by Gasteiger charge is -2.21. The molecule has 0 bridgehead atoms. The topological polar surface area (TPSA) is 54.9 Å². The molecule has 2 aromatic rings. The largest absolute Gasteiger partial charge is 0.467 e. The molecule has 158 valence electrons. The van der Waals surface area contributed by atoms with Crippen molar-refractivity contribution in [1.29, 1.82) is 0 Å². The molecule has 0 aliphatic carbocycles. The van der Waals surface area contributed by atoms with Crippen molar-refractivity contribution in [3.8, 4) is 5.75 Å². The van der Waals surface area contributed by atoms with Gasteiger partial charge in [-0.3, -0.25) is 4.99 Å². The summed E-state index contributed by atoms with van der Waals surface area (Å²) in [6.07, 6.45) is -4.39. The number of hydrogen-bond acceptors (Lipinski definition) is 3. The Labute approximate surface area is 182 Å². The minimum Gasteiger partial charge on any atom is -0.467 e. The molecule has 5 nitrogen and oxygen atoms in total. The van der Waals surface area contributed by atoms with Gasteiger partial charge in [0.1, 0.15) is 11.6 Å². The van der Waals surface area contributed by atoms with E-state index in [0.29, 0.717) is 28.4 Å². The molecule has 0 aromatic heterocycles. The summed E-state index contributed by atoms with van der Waals surface area (Å²) >= 11 is 0. The molecule has 29 heavy (non-hydrogen) atoms. The van der Waals surface area contributed by atoms with Gasteiger partial charge in [-0.2, -0.15) is 13.2 Å². The zero-order chi connectivity index (χ0) is 20.1. The number of rotatable bonds is 4. The van der Waals surface area contributed by atoms with Gasteiger partial charge in [0.25, 0.3) is 0 Å². The number of hydrogen-bond donors (Lipinski definition) is 2. The second kappa shape index (κ2) is 10.1. The number of halogens is 5. The van der Waals surface area contributed by atoms with Crippen molar-refractivity contribution in [1.82, 2.24) is 10.6 Å². The number of guanidine groups is 1. The Morgan fingerprint density at radius 1 is 1.14 bits per heavy atom. The molecule has 0 unspecified atom stereocenters. The Morgan fingerprint density at radius 2 is 1.90 bits per heavy atom. The highest BCUT2D eigenvalue weighted by Gasteiger charge is 2.30. The van der Waals surface area contributed by atoms with Gasteiger partial charge in [-0.1, -0.05) is 12.1 Å². The molecule has 3 rings (SSSR count). The fraction of sp³-hybridized carbons (Fsp3) is 0.316. The molecule has 0 fully saturated rings. The van der Waals surface area contributed by atoms with E-state index in [-0.39, 0.29) is 50.5 Å². The minimum atomic E-state index is -4.39. The first kappa shape index (κ1) is 23.2. The third-order valence-corrected chi connectivity index (χ3v) is 4.14. The van der Waals surface area contributed by atoms with Crippen LogP contribution in [0, 0.1) is 5.82 Å². The number of aliphatic imine (C=N–C) groups is 1. The Balaban J connectivity index is 0.00000300. The summed E-state index contributed by atoms with van der Waals surface area (Å²) in [5.74, 6) is 0.521. The summed E-state index contributed by atoms with van der Waals surface area (Å²) in [5, 5.41) is 5.95. The van der Waals surface area contributed by atoms with Crippen molar-refractivity contribution in [3.63, 3.8) is 0 Å². The maximum atomic E-state index is 13.8. The van der Waals surface area contributed by atoms with Crippen molar-refractivity contribution in [2.75, 3.05) is 13.8 Å². The van der Waals surface area contributed by atoms with E-state index >= 15 is 0 Å². The number of fused-ring (bicyclic) bond motifs is 1. The molecule has 10 heteroatoms. The van der Waals surface area contributed by atoms with Gasteiger partial charge in [0.2, 0.25) is 0 Å². The highest BCUT2D eigenvalue weighted by Crippen LogP contribution is 2.30. The predicted octanol–water partition coefficient (Wildman–Crippen LogP) is 4.19. The van der Waals surface area contributed by atoms with Gasteiger partial charge < -0.3 is 20.1 Å². The van der Waals surface area contributed by atoms with Crippen LogP contribution in [0.15, 0.2) is 41.4 Å². The van der Waals surface area contributed by atoms with Crippen molar-refractivity contribution >= 4 is 29.9 Å². The molecular weight excluding hydrogens is 505 g/mol. The molecule has 2 N–H and O–H groups in total. The van der Waals surface area contributed by atoms with Crippen LogP contribution >= 0.6 is 24.0 Å². The molecular formula is C19H20F4IN3O2. The average Bonchev–Trinajstić information content (AvgIpc) is 2.67. The van der Waals surface area contributed by atoms with Crippen LogP contribution in [0.25, 0.3) is 0 Å². The first-order valence-electron chi connectivity index (χ1n) is 8.49. The summed E-state index contributed by atoms with van der Waals surface area (Å²) in [6.45, 7) is 0.730. The molecule has 0 saturated carbocycles. The first-order chi connectivity index (χ1) is 13.4. The van der Waals surface area contributed by atoms with Crippen LogP contribution in [0.3, 0.4) is 0 Å². The summed E-state index contributed by atoms with van der Waals surface area (Å²) < 4.78 is 62.8. The fourth-order valence-electron chi connectivity index (χ4n) is 2.83. The monoisotopic (exact) mass is 525 g/mol. The zero-order valence-electron chi connectivity index (χ0n) is 15.5. The van der Waals surface area contributed by atoms with E-state index in [4.69, 9.17) is 9.47 Å². The molecule has 1 aliphatic rings. The lowest BCUT2D eigenvalue weighted by molar-refractivity contribution is -0.137. The highest BCUT2D eigenvalue weighted by atomic mass is 127. The summed E-state index contributed by atoms with van der Waals surface area (Å²) in [7, 11) is 1.53. The normalized spacial score (nSPS) is 13.8. The maximum Gasteiger partial charge on any atom is 0.416 e. The van der Waals surface area contributed by atoms with Gasteiger partial charge in [-0.15, -0.1) is 24.0 Å². The molecule has 0 saturated heterocycles. The second-order valence-electron chi connectivity index (χ2n) is 6.14. The Kier molecular flexibility index (Phi) is 8.08. The van der Waals surface area contributed by atoms with E-state index in [1.807, 2.05) is 0 Å². The predicted molar refractivity (Wildman–Crippen MR) is 111 cm³/mol.